The number of halogens is 4. The lowest BCUT2D eigenvalue weighted by Gasteiger charge is -2.16. The minimum atomic E-state index is -4.61. The Hall–Kier alpha value is -1.36. The van der Waals surface area contributed by atoms with E-state index in [9.17, 15) is 17.6 Å². The molecule has 0 unspecified atom stereocenters. The van der Waals surface area contributed by atoms with Crippen LogP contribution in [0.15, 0.2) is 30.9 Å². The molecule has 0 aliphatic heterocycles. The van der Waals surface area contributed by atoms with Crippen molar-refractivity contribution in [2.45, 2.75) is 12.2 Å². The summed E-state index contributed by atoms with van der Waals surface area (Å²) in [7, 11) is 0. The lowest BCUT2D eigenvalue weighted by Crippen LogP contribution is -2.17. The monoisotopic (exact) mass is 219 g/mol. The maximum atomic E-state index is 13.2. The second kappa shape index (κ2) is 4.02. The predicted molar refractivity (Wildman–Crippen MR) is 48.5 cm³/mol. The summed E-state index contributed by atoms with van der Waals surface area (Å²) in [5, 5.41) is 0. The fraction of sp³-hybridized carbons (Fsp3) is 0.200. The van der Waals surface area contributed by atoms with E-state index >= 15 is 0 Å². The van der Waals surface area contributed by atoms with Gasteiger partial charge in [-0.05, 0) is 12.1 Å². The van der Waals surface area contributed by atoms with Crippen LogP contribution in [0.4, 0.5) is 17.6 Å². The van der Waals surface area contributed by atoms with E-state index in [4.69, 9.17) is 5.73 Å². The molecule has 1 rings (SSSR count). The van der Waals surface area contributed by atoms with Gasteiger partial charge in [0, 0.05) is 5.56 Å². The van der Waals surface area contributed by atoms with Crippen molar-refractivity contribution in [3.8, 4) is 0 Å². The van der Waals surface area contributed by atoms with Gasteiger partial charge in [0.05, 0.1) is 11.6 Å². The Morgan fingerprint density at radius 2 is 1.93 bits per heavy atom. The van der Waals surface area contributed by atoms with Crippen LogP contribution in [0.1, 0.15) is 17.2 Å². The molecule has 0 aromatic heterocycles. The third-order valence-electron chi connectivity index (χ3n) is 1.95. The Morgan fingerprint density at radius 1 is 1.33 bits per heavy atom. The Morgan fingerprint density at radius 3 is 2.40 bits per heavy atom. The number of hydrogen-bond acceptors (Lipinski definition) is 1. The molecule has 0 saturated heterocycles. The SMILES string of the molecule is C=C[C@@H](N)c1c(F)cccc1C(F)(F)F. The van der Waals surface area contributed by atoms with Crippen molar-refractivity contribution in [1.82, 2.24) is 0 Å². The Balaban J connectivity index is 3.39. The topological polar surface area (TPSA) is 26.0 Å². The van der Waals surface area contributed by atoms with Crippen molar-refractivity contribution in [2.24, 2.45) is 5.73 Å². The zero-order valence-corrected chi connectivity index (χ0v) is 7.68. The van der Waals surface area contributed by atoms with E-state index in [1.807, 2.05) is 0 Å². The first-order valence-corrected chi connectivity index (χ1v) is 4.11. The van der Waals surface area contributed by atoms with Crippen molar-refractivity contribution in [1.29, 1.82) is 0 Å². The van der Waals surface area contributed by atoms with Gasteiger partial charge in [0.25, 0.3) is 0 Å². The van der Waals surface area contributed by atoms with Crippen LogP contribution in [0.2, 0.25) is 0 Å². The van der Waals surface area contributed by atoms with E-state index in [1.165, 1.54) is 0 Å². The van der Waals surface area contributed by atoms with Crippen molar-refractivity contribution in [3.05, 3.63) is 47.8 Å². The fourth-order valence-corrected chi connectivity index (χ4v) is 1.24. The van der Waals surface area contributed by atoms with Gasteiger partial charge < -0.3 is 5.73 Å². The molecule has 0 bridgehead atoms. The fourth-order valence-electron chi connectivity index (χ4n) is 1.24. The Bertz CT molecular complexity index is 370. The highest BCUT2D eigenvalue weighted by Gasteiger charge is 2.35. The van der Waals surface area contributed by atoms with Crippen LogP contribution < -0.4 is 5.73 Å². The zero-order valence-electron chi connectivity index (χ0n) is 7.68. The highest BCUT2D eigenvalue weighted by atomic mass is 19.4. The van der Waals surface area contributed by atoms with Gasteiger partial charge in [-0.3, -0.25) is 0 Å². The van der Waals surface area contributed by atoms with E-state index in [0.717, 1.165) is 24.3 Å². The largest absolute Gasteiger partial charge is 0.416 e. The summed E-state index contributed by atoms with van der Waals surface area (Å²) in [5.41, 5.74) is 3.70. The molecule has 1 atom stereocenters. The average molecular weight is 219 g/mol. The van der Waals surface area contributed by atoms with Crippen molar-refractivity contribution < 1.29 is 17.6 Å². The van der Waals surface area contributed by atoms with E-state index < -0.39 is 29.2 Å². The average Bonchev–Trinajstić information content (AvgIpc) is 2.15. The highest BCUT2D eigenvalue weighted by molar-refractivity contribution is 5.35. The first-order valence-electron chi connectivity index (χ1n) is 4.11. The quantitative estimate of drug-likeness (QED) is 0.600. The molecule has 0 fully saturated rings. The molecule has 0 spiro atoms. The summed E-state index contributed by atoms with van der Waals surface area (Å²) in [5.74, 6) is -0.975. The minimum Gasteiger partial charge on any atom is -0.321 e. The molecule has 82 valence electrons. The van der Waals surface area contributed by atoms with Crippen molar-refractivity contribution in [2.75, 3.05) is 0 Å². The van der Waals surface area contributed by atoms with Gasteiger partial charge >= 0.3 is 6.18 Å². The van der Waals surface area contributed by atoms with Crippen LogP contribution in [0.25, 0.3) is 0 Å². The van der Waals surface area contributed by atoms with Crippen LogP contribution in [-0.4, -0.2) is 0 Å². The molecule has 15 heavy (non-hydrogen) atoms. The van der Waals surface area contributed by atoms with Crippen LogP contribution in [0, 0.1) is 5.82 Å². The molecular formula is C10H9F4N. The number of alkyl halides is 3. The Labute approximate surface area is 84.2 Å². The normalized spacial score (nSPS) is 13.7. The van der Waals surface area contributed by atoms with Gasteiger partial charge in [-0.25, -0.2) is 4.39 Å². The third-order valence-corrected chi connectivity index (χ3v) is 1.95. The molecule has 2 N–H and O–H groups in total. The lowest BCUT2D eigenvalue weighted by molar-refractivity contribution is -0.138. The van der Waals surface area contributed by atoms with Crippen LogP contribution in [0.3, 0.4) is 0 Å². The van der Waals surface area contributed by atoms with Gasteiger partial charge in [0.2, 0.25) is 0 Å². The molecule has 1 aromatic rings. The standard InChI is InChI=1S/C10H9F4N/c1-2-8(15)9-6(10(12,13)14)4-3-5-7(9)11/h2-5,8H,1,15H2/t8-/m1/s1. The van der Waals surface area contributed by atoms with Crippen LogP contribution in [-0.2, 0) is 6.18 Å². The molecule has 0 amide bonds. The van der Waals surface area contributed by atoms with Gasteiger partial charge in [0.1, 0.15) is 5.82 Å². The number of nitrogens with two attached hydrogens (primary N) is 1. The second-order valence-corrected chi connectivity index (χ2v) is 2.96. The number of benzene rings is 1. The minimum absolute atomic E-state index is 0.569. The highest BCUT2D eigenvalue weighted by Crippen LogP contribution is 2.35. The summed E-state index contributed by atoms with van der Waals surface area (Å²) < 4.78 is 50.6. The van der Waals surface area contributed by atoms with Gasteiger partial charge in [-0.15, -0.1) is 6.58 Å². The maximum absolute atomic E-state index is 13.2. The van der Waals surface area contributed by atoms with Crippen molar-refractivity contribution >= 4 is 0 Å². The van der Waals surface area contributed by atoms with Gasteiger partial charge in [-0.2, -0.15) is 13.2 Å². The molecule has 0 saturated carbocycles. The summed E-state index contributed by atoms with van der Waals surface area (Å²) in [6, 6.07) is 1.57. The molecule has 1 nitrogen and oxygen atoms in total. The van der Waals surface area contributed by atoms with Gasteiger partial charge in [0.15, 0.2) is 0 Å². The second-order valence-electron chi connectivity index (χ2n) is 2.96. The lowest BCUT2D eigenvalue weighted by atomic mass is 10.00. The molecule has 5 heteroatoms. The summed E-state index contributed by atoms with van der Waals surface area (Å²) in [6.45, 7) is 3.24. The first kappa shape index (κ1) is 11.7. The number of rotatable bonds is 2. The molecule has 1 aromatic carbocycles. The van der Waals surface area contributed by atoms with E-state index in [1.54, 1.807) is 0 Å². The van der Waals surface area contributed by atoms with E-state index in [0.29, 0.717) is 0 Å². The third kappa shape index (κ3) is 2.36. The number of hydrogen-bond donors (Lipinski definition) is 1. The summed E-state index contributed by atoms with van der Waals surface area (Å²) in [4.78, 5) is 0. The summed E-state index contributed by atoms with van der Waals surface area (Å²) in [6.07, 6.45) is -3.55. The smallest absolute Gasteiger partial charge is 0.321 e. The van der Waals surface area contributed by atoms with E-state index in [2.05, 4.69) is 6.58 Å². The van der Waals surface area contributed by atoms with Crippen molar-refractivity contribution in [3.63, 3.8) is 0 Å². The molecule has 0 aliphatic rings. The van der Waals surface area contributed by atoms with Crippen LogP contribution in [0.5, 0.6) is 0 Å². The van der Waals surface area contributed by atoms with E-state index in [-0.39, 0.29) is 0 Å². The predicted octanol–water partition coefficient (Wildman–Crippen LogP) is 3.03. The van der Waals surface area contributed by atoms with Crippen LogP contribution >= 0.6 is 0 Å². The zero-order chi connectivity index (χ0) is 11.6. The Kier molecular flexibility index (Phi) is 3.14. The molecular weight excluding hydrogens is 210 g/mol. The maximum Gasteiger partial charge on any atom is 0.416 e. The molecule has 0 heterocycles. The first-order chi connectivity index (χ1) is 6.88. The molecule has 0 radical (unpaired) electrons. The molecule has 0 aliphatic carbocycles. The van der Waals surface area contributed by atoms with Gasteiger partial charge in [-0.1, -0.05) is 12.1 Å². The summed E-state index contributed by atoms with van der Waals surface area (Å²) >= 11 is 0.